The van der Waals surface area contributed by atoms with E-state index in [1.165, 1.54) is 11.1 Å². The van der Waals surface area contributed by atoms with Gasteiger partial charge in [0.1, 0.15) is 11.5 Å². The average Bonchev–Trinajstić information content (AvgIpc) is 2.50. The number of aryl methyl sites for hydroxylation is 1. The molecule has 3 rings (SSSR count). The van der Waals surface area contributed by atoms with Crippen molar-refractivity contribution in [3.05, 3.63) is 57.6 Å². The first kappa shape index (κ1) is 15.2. The molecule has 0 fully saturated rings. The van der Waals surface area contributed by atoms with Gasteiger partial charge in [-0.15, -0.1) is 0 Å². The second-order valence-corrected chi connectivity index (χ2v) is 6.00. The molecule has 22 heavy (non-hydrogen) atoms. The Morgan fingerprint density at radius 2 is 2.09 bits per heavy atom. The van der Waals surface area contributed by atoms with Crippen molar-refractivity contribution in [3.8, 4) is 11.5 Å². The van der Waals surface area contributed by atoms with Gasteiger partial charge in [-0.05, 0) is 61.2 Å². The van der Waals surface area contributed by atoms with E-state index in [1.54, 1.807) is 6.07 Å². The van der Waals surface area contributed by atoms with Gasteiger partial charge in [0, 0.05) is 17.1 Å². The number of hydrogen-bond acceptors (Lipinski definition) is 3. The molecule has 3 nitrogen and oxygen atoms in total. The Bertz CT molecular complexity index is 700. The standard InChI is InChI=1S/C18H20ClNO2/c1-3-22-17-8-11(2)16(19)10-15(17)18-14-5-4-13(21)9-12(14)6-7-20-18/h4-5,8-10,18,20-21H,3,6-7H2,1-2H3. The van der Waals surface area contributed by atoms with Crippen LogP contribution in [0.15, 0.2) is 30.3 Å². The number of fused-ring (bicyclic) bond motifs is 1. The van der Waals surface area contributed by atoms with Crippen molar-refractivity contribution in [3.63, 3.8) is 0 Å². The van der Waals surface area contributed by atoms with Gasteiger partial charge >= 0.3 is 0 Å². The van der Waals surface area contributed by atoms with E-state index >= 15 is 0 Å². The molecule has 0 radical (unpaired) electrons. The minimum Gasteiger partial charge on any atom is -0.508 e. The van der Waals surface area contributed by atoms with Crippen LogP contribution in [-0.2, 0) is 6.42 Å². The van der Waals surface area contributed by atoms with Gasteiger partial charge < -0.3 is 15.2 Å². The summed E-state index contributed by atoms with van der Waals surface area (Å²) >= 11 is 6.33. The summed E-state index contributed by atoms with van der Waals surface area (Å²) in [7, 11) is 0. The van der Waals surface area contributed by atoms with Crippen LogP contribution in [0.1, 0.15) is 35.2 Å². The Hall–Kier alpha value is -1.71. The number of aromatic hydroxyl groups is 1. The van der Waals surface area contributed by atoms with E-state index in [1.807, 2.05) is 38.1 Å². The molecule has 0 bridgehead atoms. The Morgan fingerprint density at radius 3 is 2.86 bits per heavy atom. The lowest BCUT2D eigenvalue weighted by atomic mass is 9.89. The lowest BCUT2D eigenvalue weighted by molar-refractivity contribution is 0.332. The van der Waals surface area contributed by atoms with Crippen molar-refractivity contribution in [2.75, 3.05) is 13.2 Å². The number of rotatable bonds is 3. The first-order chi connectivity index (χ1) is 10.6. The van der Waals surface area contributed by atoms with E-state index in [0.717, 1.165) is 34.9 Å². The quantitative estimate of drug-likeness (QED) is 0.899. The second-order valence-electron chi connectivity index (χ2n) is 5.59. The smallest absolute Gasteiger partial charge is 0.124 e. The highest BCUT2D eigenvalue weighted by Gasteiger charge is 2.25. The predicted molar refractivity (Wildman–Crippen MR) is 89.0 cm³/mol. The Labute approximate surface area is 135 Å². The number of phenolic OH excluding ortho intramolecular Hbond substituents is 1. The molecule has 1 aliphatic heterocycles. The van der Waals surface area contributed by atoms with Gasteiger partial charge in [-0.2, -0.15) is 0 Å². The van der Waals surface area contributed by atoms with Crippen molar-refractivity contribution in [2.45, 2.75) is 26.3 Å². The molecule has 0 spiro atoms. The third-order valence-electron chi connectivity index (χ3n) is 4.08. The fourth-order valence-corrected chi connectivity index (χ4v) is 3.18. The fraction of sp³-hybridized carbons (Fsp3) is 0.333. The zero-order chi connectivity index (χ0) is 15.7. The predicted octanol–water partition coefficient (Wildman–Crippen LogP) is 3.99. The van der Waals surface area contributed by atoms with Crippen molar-refractivity contribution < 1.29 is 9.84 Å². The molecule has 1 atom stereocenters. The number of halogens is 1. The Morgan fingerprint density at radius 1 is 1.27 bits per heavy atom. The van der Waals surface area contributed by atoms with Gasteiger partial charge in [-0.25, -0.2) is 0 Å². The molecule has 0 saturated carbocycles. The molecule has 2 aromatic rings. The number of nitrogens with one attached hydrogen (secondary N) is 1. The maximum atomic E-state index is 9.70. The monoisotopic (exact) mass is 317 g/mol. The molecule has 0 saturated heterocycles. The topological polar surface area (TPSA) is 41.5 Å². The largest absolute Gasteiger partial charge is 0.508 e. The maximum Gasteiger partial charge on any atom is 0.124 e. The normalized spacial score (nSPS) is 17.1. The molecular formula is C18H20ClNO2. The molecule has 2 aromatic carbocycles. The van der Waals surface area contributed by atoms with Gasteiger partial charge in [0.2, 0.25) is 0 Å². The summed E-state index contributed by atoms with van der Waals surface area (Å²) in [6, 6.07) is 9.57. The average molecular weight is 318 g/mol. The van der Waals surface area contributed by atoms with Crippen LogP contribution in [0.3, 0.4) is 0 Å². The van der Waals surface area contributed by atoms with Crippen LogP contribution in [0.4, 0.5) is 0 Å². The van der Waals surface area contributed by atoms with Crippen molar-refractivity contribution in [1.29, 1.82) is 0 Å². The highest BCUT2D eigenvalue weighted by atomic mass is 35.5. The van der Waals surface area contributed by atoms with E-state index in [0.29, 0.717) is 12.4 Å². The summed E-state index contributed by atoms with van der Waals surface area (Å²) in [6.07, 6.45) is 0.907. The fourth-order valence-electron chi connectivity index (χ4n) is 3.01. The van der Waals surface area contributed by atoms with Crippen LogP contribution in [0.2, 0.25) is 5.02 Å². The lowest BCUT2D eigenvalue weighted by Gasteiger charge is -2.29. The van der Waals surface area contributed by atoms with Gasteiger partial charge in [-0.1, -0.05) is 17.7 Å². The van der Waals surface area contributed by atoms with E-state index in [4.69, 9.17) is 16.3 Å². The van der Waals surface area contributed by atoms with Crippen LogP contribution in [0.5, 0.6) is 11.5 Å². The molecule has 1 heterocycles. The molecule has 4 heteroatoms. The summed E-state index contributed by atoms with van der Waals surface area (Å²) in [5.74, 6) is 1.18. The molecule has 2 N–H and O–H groups in total. The summed E-state index contributed by atoms with van der Waals surface area (Å²) in [5, 5.41) is 14.0. The molecule has 0 amide bonds. The highest BCUT2D eigenvalue weighted by molar-refractivity contribution is 6.31. The number of hydrogen-bond donors (Lipinski definition) is 2. The van der Waals surface area contributed by atoms with Gasteiger partial charge in [0.05, 0.1) is 12.6 Å². The van der Waals surface area contributed by atoms with Crippen LogP contribution in [0, 0.1) is 6.92 Å². The zero-order valence-electron chi connectivity index (χ0n) is 12.8. The van der Waals surface area contributed by atoms with Crippen LogP contribution >= 0.6 is 11.6 Å². The summed E-state index contributed by atoms with van der Waals surface area (Å²) in [5.41, 5.74) is 4.40. The molecule has 0 aromatic heterocycles. The van der Waals surface area contributed by atoms with Gasteiger partial charge in [0.15, 0.2) is 0 Å². The van der Waals surface area contributed by atoms with Gasteiger partial charge in [-0.3, -0.25) is 0 Å². The molecular weight excluding hydrogens is 298 g/mol. The molecule has 0 aliphatic carbocycles. The SMILES string of the molecule is CCOc1cc(C)c(Cl)cc1C1NCCc2cc(O)ccc21. The lowest BCUT2D eigenvalue weighted by Crippen LogP contribution is -2.30. The molecule has 116 valence electrons. The van der Waals surface area contributed by atoms with Crippen molar-refractivity contribution in [2.24, 2.45) is 0 Å². The van der Waals surface area contributed by atoms with E-state index < -0.39 is 0 Å². The highest BCUT2D eigenvalue weighted by Crippen LogP contribution is 2.37. The van der Waals surface area contributed by atoms with Crippen LogP contribution in [0.25, 0.3) is 0 Å². The first-order valence-electron chi connectivity index (χ1n) is 7.58. The van der Waals surface area contributed by atoms with Crippen LogP contribution in [-0.4, -0.2) is 18.3 Å². The summed E-state index contributed by atoms with van der Waals surface area (Å²) in [4.78, 5) is 0. The molecule has 1 aliphatic rings. The molecule has 1 unspecified atom stereocenters. The van der Waals surface area contributed by atoms with E-state index in [2.05, 4.69) is 5.32 Å². The zero-order valence-corrected chi connectivity index (χ0v) is 13.6. The van der Waals surface area contributed by atoms with E-state index in [9.17, 15) is 5.11 Å². The number of phenols is 1. The third-order valence-corrected chi connectivity index (χ3v) is 4.49. The van der Waals surface area contributed by atoms with Crippen molar-refractivity contribution in [1.82, 2.24) is 5.32 Å². The van der Waals surface area contributed by atoms with Gasteiger partial charge in [0.25, 0.3) is 0 Å². The summed E-state index contributed by atoms with van der Waals surface area (Å²) in [6.45, 7) is 5.43. The van der Waals surface area contributed by atoms with E-state index in [-0.39, 0.29) is 6.04 Å². The Balaban J connectivity index is 2.11. The Kier molecular flexibility index (Phi) is 4.27. The van der Waals surface area contributed by atoms with Crippen LogP contribution < -0.4 is 10.1 Å². The maximum absolute atomic E-state index is 9.70. The first-order valence-corrected chi connectivity index (χ1v) is 7.96. The van der Waals surface area contributed by atoms with Crippen molar-refractivity contribution >= 4 is 11.6 Å². The number of benzene rings is 2. The summed E-state index contributed by atoms with van der Waals surface area (Å²) < 4.78 is 5.82. The second kappa shape index (κ2) is 6.19. The third kappa shape index (κ3) is 2.79. The number of ether oxygens (including phenoxy) is 1. The minimum absolute atomic E-state index is 0.0315. The minimum atomic E-state index is 0.0315.